The predicted octanol–water partition coefficient (Wildman–Crippen LogP) is 1.40. The fourth-order valence-electron chi connectivity index (χ4n) is 6.99. The summed E-state index contributed by atoms with van der Waals surface area (Å²) in [5.41, 5.74) is 5.93. The fraction of sp³-hybridized carbons (Fsp3) is 0.955. The molecule has 0 aromatic carbocycles. The number of hydrogen-bond donors (Lipinski definition) is 4. The minimum atomic E-state index is -1.30. The molecule has 2 aliphatic carbocycles. The van der Waals surface area contributed by atoms with E-state index in [0.717, 1.165) is 76.5 Å². The van der Waals surface area contributed by atoms with E-state index in [-0.39, 0.29) is 11.9 Å². The number of carbonyl (C=O) groups excluding carboxylic acids is 1. The lowest BCUT2D eigenvalue weighted by atomic mass is 9.62. The van der Waals surface area contributed by atoms with Crippen molar-refractivity contribution in [1.82, 2.24) is 10.2 Å². The molecule has 0 aromatic heterocycles. The quantitative estimate of drug-likeness (QED) is 0.530. The molecule has 6 atom stereocenters. The van der Waals surface area contributed by atoms with Crippen molar-refractivity contribution in [2.24, 2.45) is 41.2 Å². The normalized spacial score (nSPS) is 39.1. The van der Waals surface area contributed by atoms with Gasteiger partial charge in [0.15, 0.2) is 0 Å². The first kappa shape index (κ1) is 21.6. The van der Waals surface area contributed by atoms with E-state index in [0.29, 0.717) is 23.7 Å². The molecular weight excluding hydrogens is 365 g/mol. The van der Waals surface area contributed by atoms with Gasteiger partial charge in [-0.2, -0.15) is 0 Å². The SMILES string of the molecule is NCC1CCCC(C2CCN(C(=O)C3CCCC4CC(B(O)O)NCC43)CC2)C1. The lowest BCUT2D eigenvalue weighted by Crippen LogP contribution is -2.56. The summed E-state index contributed by atoms with van der Waals surface area (Å²) in [6, 6.07) is 0. The zero-order chi connectivity index (χ0) is 20.4. The van der Waals surface area contributed by atoms with Gasteiger partial charge in [-0.1, -0.05) is 25.7 Å². The third-order valence-corrected chi connectivity index (χ3v) is 8.74. The van der Waals surface area contributed by atoms with E-state index in [2.05, 4.69) is 10.2 Å². The highest BCUT2D eigenvalue weighted by atomic mass is 16.4. The summed E-state index contributed by atoms with van der Waals surface area (Å²) in [5, 5.41) is 22.3. The maximum Gasteiger partial charge on any atom is 0.469 e. The van der Waals surface area contributed by atoms with Gasteiger partial charge in [0.05, 0.1) is 0 Å². The molecule has 6 unspecified atom stereocenters. The summed E-state index contributed by atoms with van der Waals surface area (Å²) in [6.45, 7) is 3.42. The van der Waals surface area contributed by atoms with Crippen LogP contribution in [0.2, 0.25) is 0 Å². The third kappa shape index (κ3) is 4.84. The van der Waals surface area contributed by atoms with Crippen molar-refractivity contribution in [1.29, 1.82) is 0 Å². The highest BCUT2D eigenvalue weighted by molar-refractivity contribution is 6.43. The van der Waals surface area contributed by atoms with E-state index in [1.54, 1.807) is 0 Å². The van der Waals surface area contributed by atoms with Gasteiger partial charge < -0.3 is 26.0 Å². The summed E-state index contributed by atoms with van der Waals surface area (Å²) in [5.74, 6) is 3.35. The molecular formula is C22H40BN3O3. The second-order valence-electron chi connectivity index (χ2n) is 10.3. The summed E-state index contributed by atoms with van der Waals surface area (Å²) in [6.07, 6.45) is 11.6. The van der Waals surface area contributed by atoms with Gasteiger partial charge in [-0.05, 0) is 81.2 Å². The maximum atomic E-state index is 13.4. The standard InChI is InChI=1S/C22H40BN3O3/c24-13-15-3-1-4-17(11-15)16-7-9-26(10-8-16)22(27)19-6-2-5-18-12-21(23(28)29)25-14-20(18)19/h15-21,25,28-29H,1-14,24H2. The Kier molecular flexibility index (Phi) is 7.20. The van der Waals surface area contributed by atoms with Gasteiger partial charge in [-0.25, -0.2) is 0 Å². The first-order valence-corrected chi connectivity index (χ1v) is 12.1. The molecule has 6 nitrogen and oxygen atoms in total. The van der Waals surface area contributed by atoms with Crippen LogP contribution in [0.25, 0.3) is 0 Å². The van der Waals surface area contributed by atoms with Crippen LogP contribution in [0.4, 0.5) is 0 Å². The molecule has 1 amide bonds. The number of nitrogens with zero attached hydrogens (tertiary/aromatic N) is 1. The molecule has 4 rings (SSSR count). The van der Waals surface area contributed by atoms with Gasteiger partial charge in [0, 0.05) is 24.9 Å². The van der Waals surface area contributed by atoms with Gasteiger partial charge in [0.25, 0.3) is 0 Å². The number of nitrogens with two attached hydrogens (primary N) is 1. The van der Waals surface area contributed by atoms with Crippen molar-refractivity contribution >= 4 is 13.0 Å². The van der Waals surface area contributed by atoms with Crippen LogP contribution < -0.4 is 11.1 Å². The topological polar surface area (TPSA) is 98.8 Å². The van der Waals surface area contributed by atoms with Crippen LogP contribution in [0.3, 0.4) is 0 Å². The van der Waals surface area contributed by atoms with E-state index < -0.39 is 7.12 Å². The Bertz CT molecular complexity index is 555. The molecule has 4 aliphatic rings. The van der Waals surface area contributed by atoms with Gasteiger partial charge >= 0.3 is 7.12 Å². The molecule has 0 radical (unpaired) electrons. The molecule has 7 heteroatoms. The highest BCUT2D eigenvalue weighted by Crippen LogP contribution is 2.42. The fourth-order valence-corrected chi connectivity index (χ4v) is 6.99. The average Bonchev–Trinajstić information content (AvgIpc) is 2.78. The number of nitrogens with one attached hydrogen (secondary N) is 1. The lowest BCUT2D eigenvalue weighted by Gasteiger charge is -2.46. The monoisotopic (exact) mass is 405 g/mol. The van der Waals surface area contributed by atoms with Crippen LogP contribution in [0.5, 0.6) is 0 Å². The molecule has 164 valence electrons. The first-order valence-electron chi connectivity index (χ1n) is 12.1. The van der Waals surface area contributed by atoms with E-state index in [1.807, 2.05) is 0 Å². The second kappa shape index (κ2) is 9.67. The number of carbonyl (C=O) groups is 1. The highest BCUT2D eigenvalue weighted by Gasteiger charge is 2.44. The Balaban J connectivity index is 1.30. The third-order valence-electron chi connectivity index (χ3n) is 8.74. The Labute approximate surface area is 176 Å². The molecule has 2 saturated carbocycles. The zero-order valence-electron chi connectivity index (χ0n) is 17.8. The van der Waals surface area contributed by atoms with E-state index in [9.17, 15) is 14.8 Å². The Morgan fingerprint density at radius 3 is 2.41 bits per heavy atom. The first-order chi connectivity index (χ1) is 14.1. The summed E-state index contributed by atoms with van der Waals surface area (Å²) in [4.78, 5) is 15.5. The number of piperidine rings is 2. The molecule has 4 fully saturated rings. The van der Waals surface area contributed by atoms with Gasteiger partial charge in [0.2, 0.25) is 5.91 Å². The molecule has 5 N–H and O–H groups in total. The van der Waals surface area contributed by atoms with E-state index in [4.69, 9.17) is 5.73 Å². The average molecular weight is 405 g/mol. The number of likely N-dealkylation sites (tertiary alicyclic amines) is 1. The molecule has 0 bridgehead atoms. The van der Waals surface area contributed by atoms with Crippen LogP contribution in [0.1, 0.15) is 64.2 Å². The van der Waals surface area contributed by atoms with Crippen molar-refractivity contribution in [3.63, 3.8) is 0 Å². The zero-order valence-corrected chi connectivity index (χ0v) is 17.8. The number of fused-ring (bicyclic) bond motifs is 1. The Hall–Kier alpha value is -0.625. The number of amides is 1. The molecule has 29 heavy (non-hydrogen) atoms. The van der Waals surface area contributed by atoms with Gasteiger partial charge in [-0.3, -0.25) is 4.79 Å². The van der Waals surface area contributed by atoms with Crippen LogP contribution in [-0.2, 0) is 4.79 Å². The van der Waals surface area contributed by atoms with Crippen molar-refractivity contribution in [3.05, 3.63) is 0 Å². The van der Waals surface area contributed by atoms with Crippen LogP contribution in [-0.4, -0.2) is 60.1 Å². The van der Waals surface area contributed by atoms with Crippen molar-refractivity contribution < 1.29 is 14.8 Å². The maximum absolute atomic E-state index is 13.4. The van der Waals surface area contributed by atoms with Crippen LogP contribution in [0.15, 0.2) is 0 Å². The Morgan fingerprint density at radius 2 is 1.69 bits per heavy atom. The van der Waals surface area contributed by atoms with Crippen molar-refractivity contribution in [2.45, 2.75) is 70.1 Å². The van der Waals surface area contributed by atoms with Crippen LogP contribution in [0, 0.1) is 35.5 Å². The summed E-state index contributed by atoms with van der Waals surface area (Å²) < 4.78 is 0. The number of hydrogen-bond acceptors (Lipinski definition) is 5. The lowest BCUT2D eigenvalue weighted by molar-refractivity contribution is -0.142. The van der Waals surface area contributed by atoms with Crippen LogP contribution >= 0.6 is 0 Å². The minimum absolute atomic E-state index is 0.117. The van der Waals surface area contributed by atoms with E-state index >= 15 is 0 Å². The predicted molar refractivity (Wildman–Crippen MR) is 115 cm³/mol. The minimum Gasteiger partial charge on any atom is -0.426 e. The van der Waals surface area contributed by atoms with E-state index in [1.165, 1.54) is 25.7 Å². The molecule has 2 heterocycles. The van der Waals surface area contributed by atoms with Crippen molar-refractivity contribution in [2.75, 3.05) is 26.2 Å². The molecule has 2 saturated heterocycles. The molecule has 0 aromatic rings. The van der Waals surface area contributed by atoms with Gasteiger partial charge in [0.1, 0.15) is 0 Å². The van der Waals surface area contributed by atoms with Gasteiger partial charge in [-0.15, -0.1) is 0 Å². The van der Waals surface area contributed by atoms with Crippen molar-refractivity contribution in [3.8, 4) is 0 Å². The smallest absolute Gasteiger partial charge is 0.426 e. The summed E-state index contributed by atoms with van der Waals surface area (Å²) >= 11 is 0. The Morgan fingerprint density at radius 1 is 0.966 bits per heavy atom. The summed E-state index contributed by atoms with van der Waals surface area (Å²) in [7, 11) is -1.30. The second-order valence-corrected chi connectivity index (χ2v) is 10.3. The molecule has 2 aliphatic heterocycles. The largest absolute Gasteiger partial charge is 0.469 e. The molecule has 0 spiro atoms. The number of rotatable bonds is 4.